The largest absolute Gasteiger partial charge is 0.485 e. The van der Waals surface area contributed by atoms with Gasteiger partial charge in [0.2, 0.25) is 5.91 Å². The Morgan fingerprint density at radius 3 is 2.67 bits per heavy atom. The molecule has 1 aromatic heterocycles. The molecular weight excluding hydrogens is 449 g/mol. The molecule has 3 aromatic rings. The lowest BCUT2D eigenvalue weighted by atomic mass is 10.2. The number of carbonyl (C=O) groups excluding carboxylic acids is 2. The van der Waals surface area contributed by atoms with Crippen LogP contribution in [0.5, 0.6) is 11.5 Å². The molecule has 4 rings (SSSR count). The number of thioether (sulfide) groups is 1. The number of hydrogen-bond acceptors (Lipinski definition) is 7. The van der Waals surface area contributed by atoms with Gasteiger partial charge in [-0.2, -0.15) is 0 Å². The van der Waals surface area contributed by atoms with Gasteiger partial charge in [-0.15, -0.1) is 16.8 Å². The zero-order valence-electron chi connectivity index (χ0n) is 17.4. The minimum Gasteiger partial charge on any atom is -0.485 e. The number of fused-ring (bicyclic) bond motifs is 1. The van der Waals surface area contributed by atoms with Gasteiger partial charge in [-0.1, -0.05) is 30.0 Å². The zero-order valence-corrected chi connectivity index (χ0v) is 18.2. The highest BCUT2D eigenvalue weighted by Crippen LogP contribution is 2.36. The summed E-state index contributed by atoms with van der Waals surface area (Å²) in [5.74, 6) is 0.354. The molecule has 0 saturated carbocycles. The Bertz CT molecular complexity index is 1170. The number of rotatable bonds is 7. The van der Waals surface area contributed by atoms with Gasteiger partial charge in [0.05, 0.1) is 5.75 Å². The minimum absolute atomic E-state index is 0.0240. The van der Waals surface area contributed by atoms with Crippen molar-refractivity contribution in [2.45, 2.75) is 17.8 Å². The van der Waals surface area contributed by atoms with Crippen molar-refractivity contribution < 1.29 is 23.5 Å². The lowest BCUT2D eigenvalue weighted by Gasteiger charge is -2.26. The molecule has 33 heavy (non-hydrogen) atoms. The maximum Gasteiger partial charge on any atom is 0.269 e. The van der Waals surface area contributed by atoms with Crippen LogP contribution in [0.3, 0.4) is 0 Å². The number of para-hydroxylation sites is 2. The standard InChI is InChI=1S/C22H20FN5O4S/c1-2-11-28-20(18-12-31-16-5-3-4-6-17(16)32-18)25-27-22(28)33-13-19(29)24-26-21(30)14-7-9-15(23)10-8-14/h2-10,18H,1,11-13H2,(H,24,29)(H,26,30). The second kappa shape index (κ2) is 10.2. The fraction of sp³-hybridized carbons (Fsp3) is 0.182. The molecule has 0 radical (unpaired) electrons. The molecule has 0 aliphatic carbocycles. The Morgan fingerprint density at radius 1 is 1.15 bits per heavy atom. The summed E-state index contributed by atoms with van der Waals surface area (Å²) in [5.41, 5.74) is 4.83. The van der Waals surface area contributed by atoms with Crippen LogP contribution in [0.1, 0.15) is 22.3 Å². The number of hydrazine groups is 1. The Kier molecular flexibility index (Phi) is 6.89. The molecule has 0 saturated heterocycles. The highest BCUT2D eigenvalue weighted by molar-refractivity contribution is 7.99. The summed E-state index contributed by atoms with van der Waals surface area (Å²) in [6.45, 7) is 4.45. The Morgan fingerprint density at radius 2 is 1.91 bits per heavy atom. The number of nitrogens with one attached hydrogen (secondary N) is 2. The lowest BCUT2D eigenvalue weighted by molar-refractivity contribution is -0.119. The van der Waals surface area contributed by atoms with Crippen LogP contribution in [0.2, 0.25) is 0 Å². The summed E-state index contributed by atoms with van der Waals surface area (Å²) in [5, 5.41) is 8.91. The van der Waals surface area contributed by atoms with E-state index in [1.807, 2.05) is 24.3 Å². The highest BCUT2D eigenvalue weighted by Gasteiger charge is 2.28. The summed E-state index contributed by atoms with van der Waals surface area (Å²) in [6, 6.07) is 12.3. The maximum atomic E-state index is 13.0. The van der Waals surface area contributed by atoms with Gasteiger partial charge in [0.1, 0.15) is 12.4 Å². The number of allylic oxidation sites excluding steroid dienone is 1. The predicted octanol–water partition coefficient (Wildman–Crippen LogP) is 2.67. The van der Waals surface area contributed by atoms with E-state index in [0.29, 0.717) is 29.0 Å². The molecule has 170 valence electrons. The number of amides is 2. The third-order valence-electron chi connectivity index (χ3n) is 4.61. The van der Waals surface area contributed by atoms with Crippen molar-refractivity contribution in [2.24, 2.45) is 0 Å². The number of carbonyl (C=O) groups is 2. The number of nitrogens with zero attached hydrogens (tertiary/aromatic N) is 3. The van der Waals surface area contributed by atoms with Gasteiger partial charge in [-0.25, -0.2) is 4.39 Å². The number of hydrogen-bond donors (Lipinski definition) is 2. The van der Waals surface area contributed by atoms with Crippen LogP contribution in [-0.2, 0) is 11.3 Å². The third-order valence-corrected chi connectivity index (χ3v) is 5.57. The summed E-state index contributed by atoms with van der Waals surface area (Å²) < 4.78 is 26.5. The number of halogens is 1. The van der Waals surface area contributed by atoms with Gasteiger partial charge < -0.3 is 9.47 Å². The summed E-state index contributed by atoms with van der Waals surface area (Å²) >= 11 is 1.15. The van der Waals surface area contributed by atoms with Crippen molar-refractivity contribution in [3.8, 4) is 11.5 Å². The van der Waals surface area contributed by atoms with Gasteiger partial charge in [-0.3, -0.25) is 25.0 Å². The van der Waals surface area contributed by atoms with Crippen molar-refractivity contribution in [1.82, 2.24) is 25.6 Å². The third kappa shape index (κ3) is 5.32. The SMILES string of the molecule is C=CCn1c(SCC(=O)NNC(=O)c2ccc(F)cc2)nnc1C1COc2ccccc2O1. The van der Waals surface area contributed by atoms with Crippen molar-refractivity contribution in [3.05, 3.63) is 78.4 Å². The second-order valence-corrected chi connectivity index (χ2v) is 7.84. The van der Waals surface area contributed by atoms with E-state index in [4.69, 9.17) is 9.47 Å². The van der Waals surface area contributed by atoms with Crippen LogP contribution in [0.4, 0.5) is 4.39 Å². The van der Waals surface area contributed by atoms with Crippen molar-refractivity contribution in [1.29, 1.82) is 0 Å². The fourth-order valence-electron chi connectivity index (χ4n) is 3.06. The van der Waals surface area contributed by atoms with E-state index in [-0.39, 0.29) is 17.9 Å². The van der Waals surface area contributed by atoms with Crippen LogP contribution in [0.25, 0.3) is 0 Å². The van der Waals surface area contributed by atoms with Crippen LogP contribution in [0, 0.1) is 5.82 Å². The topological polar surface area (TPSA) is 107 Å². The summed E-state index contributed by atoms with van der Waals surface area (Å²) in [4.78, 5) is 24.2. The molecule has 1 unspecified atom stereocenters. The number of ether oxygens (including phenoxy) is 2. The Balaban J connectivity index is 1.36. The smallest absolute Gasteiger partial charge is 0.269 e. The molecule has 2 N–H and O–H groups in total. The molecule has 1 aliphatic rings. The van der Waals surface area contributed by atoms with Gasteiger partial charge in [0.25, 0.3) is 5.91 Å². The van der Waals surface area contributed by atoms with Crippen LogP contribution in [-0.4, -0.2) is 38.9 Å². The highest BCUT2D eigenvalue weighted by atomic mass is 32.2. The molecule has 2 aromatic carbocycles. The number of benzene rings is 2. The van der Waals surface area contributed by atoms with Crippen LogP contribution >= 0.6 is 11.8 Å². The molecule has 0 spiro atoms. The summed E-state index contributed by atoms with van der Waals surface area (Å²) in [6.07, 6.45) is 1.22. The zero-order chi connectivity index (χ0) is 23.2. The van der Waals surface area contributed by atoms with E-state index in [1.54, 1.807) is 10.6 Å². The Labute approximate surface area is 193 Å². The Hall–Kier alpha value is -3.86. The van der Waals surface area contributed by atoms with E-state index in [2.05, 4.69) is 27.6 Å². The fourth-order valence-corrected chi connectivity index (χ4v) is 3.81. The van der Waals surface area contributed by atoms with Crippen molar-refractivity contribution in [3.63, 3.8) is 0 Å². The molecule has 2 amide bonds. The van der Waals surface area contributed by atoms with Gasteiger partial charge in [0, 0.05) is 12.1 Å². The summed E-state index contributed by atoms with van der Waals surface area (Å²) in [7, 11) is 0. The first kappa shape index (κ1) is 22.3. The van der Waals surface area contributed by atoms with Gasteiger partial charge in [-0.05, 0) is 36.4 Å². The lowest BCUT2D eigenvalue weighted by Crippen LogP contribution is -2.42. The molecular formula is C22H20FN5O4S. The monoisotopic (exact) mass is 469 g/mol. The van der Waals surface area contributed by atoms with E-state index in [1.165, 1.54) is 12.1 Å². The number of aromatic nitrogens is 3. The molecule has 0 fully saturated rings. The normalized spacial score (nSPS) is 14.4. The van der Waals surface area contributed by atoms with E-state index in [0.717, 1.165) is 23.9 Å². The maximum absolute atomic E-state index is 13.0. The van der Waals surface area contributed by atoms with E-state index in [9.17, 15) is 14.0 Å². The van der Waals surface area contributed by atoms with Crippen molar-refractivity contribution >= 4 is 23.6 Å². The van der Waals surface area contributed by atoms with Gasteiger partial charge in [0.15, 0.2) is 28.6 Å². The van der Waals surface area contributed by atoms with Crippen LogP contribution < -0.4 is 20.3 Å². The predicted molar refractivity (Wildman–Crippen MR) is 118 cm³/mol. The first-order valence-electron chi connectivity index (χ1n) is 9.95. The van der Waals surface area contributed by atoms with Crippen LogP contribution in [0.15, 0.2) is 66.3 Å². The quantitative estimate of drug-likeness (QED) is 0.311. The minimum atomic E-state index is -0.555. The average Bonchev–Trinajstić information content (AvgIpc) is 3.24. The average molecular weight is 469 g/mol. The van der Waals surface area contributed by atoms with Gasteiger partial charge >= 0.3 is 0 Å². The van der Waals surface area contributed by atoms with Crippen molar-refractivity contribution in [2.75, 3.05) is 12.4 Å². The first-order valence-corrected chi connectivity index (χ1v) is 10.9. The van der Waals surface area contributed by atoms with E-state index < -0.39 is 23.7 Å². The molecule has 11 heteroatoms. The first-order chi connectivity index (χ1) is 16.0. The molecule has 2 heterocycles. The molecule has 0 bridgehead atoms. The molecule has 1 aliphatic heterocycles. The van der Waals surface area contributed by atoms with E-state index >= 15 is 0 Å². The molecule has 9 nitrogen and oxygen atoms in total. The second-order valence-electron chi connectivity index (χ2n) is 6.90. The molecule has 1 atom stereocenters.